The first kappa shape index (κ1) is 15.8. The van der Waals surface area contributed by atoms with E-state index in [0.717, 1.165) is 25.7 Å². The van der Waals surface area contributed by atoms with E-state index in [2.05, 4.69) is 6.92 Å². The Balaban J connectivity index is 1.95. The van der Waals surface area contributed by atoms with Crippen molar-refractivity contribution in [3.63, 3.8) is 0 Å². The maximum Gasteiger partial charge on any atom is 0.319 e. The van der Waals surface area contributed by atoms with Crippen molar-refractivity contribution in [2.45, 2.75) is 50.8 Å². The Hall–Kier alpha value is -1.12. The smallest absolute Gasteiger partial charge is 0.319 e. The first-order valence-electron chi connectivity index (χ1n) is 7.91. The summed E-state index contributed by atoms with van der Waals surface area (Å²) in [6.45, 7) is 2.15. The number of hydrogen-bond acceptors (Lipinski definition) is 4. The van der Waals surface area contributed by atoms with Crippen LogP contribution in [-0.4, -0.2) is 24.8 Å². The molecule has 0 radical (unpaired) electrons. The summed E-state index contributed by atoms with van der Waals surface area (Å²) in [6, 6.07) is 9.04. The fourth-order valence-electron chi connectivity index (χ4n) is 3.85. The molecule has 22 heavy (non-hydrogen) atoms. The van der Waals surface area contributed by atoms with E-state index in [0.29, 0.717) is 11.7 Å². The zero-order valence-electron chi connectivity index (χ0n) is 13.2. The number of hydrogen-bond donors (Lipinski definition) is 0. The standard InChI is InChI=1S/C17H23O4P/c1-17-11-7-6-10-15(17)21-16(18)14(12-17)22(19,20-2)13-8-4-3-5-9-13/h3-5,8-9,14-15H,6-7,10-12H2,1-2H3/t14?,15?,17-,22+/m0/s1. The van der Waals surface area contributed by atoms with Crippen molar-refractivity contribution in [2.24, 2.45) is 5.41 Å². The number of rotatable bonds is 3. The van der Waals surface area contributed by atoms with Gasteiger partial charge in [-0.3, -0.25) is 9.36 Å². The lowest BCUT2D eigenvalue weighted by Gasteiger charge is -2.47. The SMILES string of the molecule is CO[P@](=O)(c1ccccc1)C1C[C@]2(C)CCCCC2OC1=O. The molecule has 1 heterocycles. The molecule has 0 spiro atoms. The van der Waals surface area contributed by atoms with Gasteiger partial charge in [0.1, 0.15) is 11.8 Å². The van der Waals surface area contributed by atoms with Gasteiger partial charge in [0.05, 0.1) is 0 Å². The Labute approximate surface area is 131 Å². The Bertz CT molecular complexity index is 600. The summed E-state index contributed by atoms with van der Waals surface area (Å²) in [4.78, 5) is 12.5. The summed E-state index contributed by atoms with van der Waals surface area (Å²) >= 11 is 0. The van der Waals surface area contributed by atoms with Gasteiger partial charge < -0.3 is 9.26 Å². The zero-order valence-corrected chi connectivity index (χ0v) is 14.1. The summed E-state index contributed by atoms with van der Waals surface area (Å²) in [7, 11) is -1.84. The van der Waals surface area contributed by atoms with Gasteiger partial charge >= 0.3 is 5.97 Å². The lowest BCUT2D eigenvalue weighted by Crippen LogP contribution is -2.50. The topological polar surface area (TPSA) is 52.6 Å². The maximum atomic E-state index is 13.4. The molecule has 1 aliphatic heterocycles. The fraction of sp³-hybridized carbons (Fsp3) is 0.588. The molecule has 0 N–H and O–H groups in total. The van der Waals surface area contributed by atoms with Gasteiger partial charge in [-0.05, 0) is 37.8 Å². The van der Waals surface area contributed by atoms with Gasteiger partial charge in [0.25, 0.3) is 0 Å². The van der Waals surface area contributed by atoms with Crippen LogP contribution in [-0.2, 0) is 18.6 Å². The third kappa shape index (κ3) is 2.53. The van der Waals surface area contributed by atoms with Crippen LogP contribution in [0.2, 0.25) is 0 Å². The van der Waals surface area contributed by atoms with E-state index in [1.54, 1.807) is 12.1 Å². The highest BCUT2D eigenvalue weighted by Crippen LogP contribution is 2.58. The van der Waals surface area contributed by atoms with Crippen LogP contribution in [0.25, 0.3) is 0 Å². The Morgan fingerprint density at radius 1 is 1.27 bits per heavy atom. The lowest BCUT2D eigenvalue weighted by atomic mass is 9.69. The number of esters is 1. The van der Waals surface area contributed by atoms with Crippen molar-refractivity contribution >= 4 is 18.6 Å². The first-order chi connectivity index (χ1) is 10.5. The molecule has 2 fully saturated rings. The minimum absolute atomic E-state index is 0.0360. The van der Waals surface area contributed by atoms with Gasteiger partial charge in [0.2, 0.25) is 7.37 Å². The summed E-state index contributed by atoms with van der Waals surface area (Å²) < 4.78 is 24.5. The van der Waals surface area contributed by atoms with Crippen molar-refractivity contribution in [2.75, 3.05) is 7.11 Å². The molecule has 0 aromatic heterocycles. The summed E-state index contributed by atoms with van der Waals surface area (Å²) in [6.07, 6.45) is 4.71. The van der Waals surface area contributed by atoms with Gasteiger partial charge in [0.15, 0.2) is 0 Å². The highest BCUT2D eigenvalue weighted by molar-refractivity contribution is 7.68. The van der Waals surface area contributed by atoms with E-state index in [4.69, 9.17) is 9.26 Å². The van der Waals surface area contributed by atoms with E-state index >= 15 is 0 Å². The second kappa shape index (κ2) is 5.82. The van der Waals surface area contributed by atoms with E-state index in [1.807, 2.05) is 18.2 Å². The molecule has 0 bridgehead atoms. The quantitative estimate of drug-likeness (QED) is 0.631. The second-order valence-electron chi connectivity index (χ2n) is 6.66. The molecule has 1 saturated heterocycles. The van der Waals surface area contributed by atoms with Crippen LogP contribution in [0.15, 0.2) is 30.3 Å². The average molecular weight is 322 g/mol. The summed E-state index contributed by atoms with van der Waals surface area (Å²) in [5.74, 6) is -0.363. The van der Waals surface area contributed by atoms with Crippen LogP contribution in [0.3, 0.4) is 0 Å². The Morgan fingerprint density at radius 3 is 2.68 bits per heavy atom. The van der Waals surface area contributed by atoms with Crippen molar-refractivity contribution in [1.29, 1.82) is 0 Å². The minimum atomic E-state index is -3.26. The number of ether oxygens (including phenoxy) is 1. The Kier molecular flexibility index (Phi) is 4.17. The third-order valence-corrected chi connectivity index (χ3v) is 8.00. The highest BCUT2D eigenvalue weighted by atomic mass is 31.2. The van der Waals surface area contributed by atoms with Crippen molar-refractivity contribution in [3.8, 4) is 0 Å². The van der Waals surface area contributed by atoms with Crippen LogP contribution >= 0.6 is 7.37 Å². The van der Waals surface area contributed by atoms with Crippen LogP contribution in [0.4, 0.5) is 0 Å². The van der Waals surface area contributed by atoms with Crippen molar-refractivity contribution in [1.82, 2.24) is 0 Å². The average Bonchev–Trinajstić information content (AvgIpc) is 2.55. The van der Waals surface area contributed by atoms with Crippen LogP contribution in [0.5, 0.6) is 0 Å². The molecule has 4 atom stereocenters. The fourth-order valence-corrected chi connectivity index (χ4v) is 6.26. The molecule has 5 heteroatoms. The molecule has 1 aliphatic carbocycles. The number of benzene rings is 1. The molecule has 120 valence electrons. The lowest BCUT2D eigenvalue weighted by molar-refractivity contribution is -0.169. The van der Waals surface area contributed by atoms with Gasteiger partial charge in [-0.2, -0.15) is 0 Å². The van der Waals surface area contributed by atoms with Gasteiger partial charge in [-0.25, -0.2) is 0 Å². The molecule has 1 saturated carbocycles. The molecular formula is C17H23O4P. The predicted octanol–water partition coefficient (Wildman–Crippen LogP) is 3.50. The molecular weight excluding hydrogens is 299 g/mol. The van der Waals surface area contributed by atoms with Gasteiger partial charge in [-0.1, -0.05) is 31.5 Å². The van der Waals surface area contributed by atoms with E-state index in [1.165, 1.54) is 7.11 Å². The van der Waals surface area contributed by atoms with E-state index in [-0.39, 0.29) is 17.5 Å². The molecule has 1 aromatic rings. The van der Waals surface area contributed by atoms with Gasteiger partial charge in [0, 0.05) is 17.8 Å². The first-order valence-corrected chi connectivity index (χ1v) is 9.60. The van der Waals surface area contributed by atoms with Crippen molar-refractivity contribution < 1.29 is 18.6 Å². The third-order valence-electron chi connectivity index (χ3n) is 5.23. The molecule has 2 unspecified atom stereocenters. The van der Waals surface area contributed by atoms with Crippen LogP contribution in [0, 0.1) is 5.41 Å². The van der Waals surface area contributed by atoms with E-state index in [9.17, 15) is 9.36 Å². The monoisotopic (exact) mass is 322 g/mol. The minimum Gasteiger partial charge on any atom is -0.461 e. The summed E-state index contributed by atoms with van der Waals surface area (Å²) in [5.41, 5.74) is -0.779. The zero-order chi connectivity index (χ0) is 15.8. The normalized spacial score (nSPS) is 34.4. The number of carbonyl (C=O) groups is 1. The number of fused-ring (bicyclic) bond motifs is 1. The molecule has 4 nitrogen and oxygen atoms in total. The highest BCUT2D eigenvalue weighted by Gasteiger charge is 2.53. The maximum absolute atomic E-state index is 13.4. The largest absolute Gasteiger partial charge is 0.461 e. The Morgan fingerprint density at radius 2 is 2.00 bits per heavy atom. The van der Waals surface area contributed by atoms with Crippen LogP contribution < -0.4 is 5.30 Å². The van der Waals surface area contributed by atoms with Crippen LogP contribution in [0.1, 0.15) is 39.0 Å². The molecule has 3 rings (SSSR count). The van der Waals surface area contributed by atoms with Crippen molar-refractivity contribution in [3.05, 3.63) is 30.3 Å². The van der Waals surface area contributed by atoms with Gasteiger partial charge in [-0.15, -0.1) is 0 Å². The summed E-state index contributed by atoms with van der Waals surface area (Å²) in [5, 5.41) is 0.595. The predicted molar refractivity (Wildman–Crippen MR) is 85.6 cm³/mol. The molecule has 0 amide bonds. The number of carbonyl (C=O) groups excluding carboxylic acids is 1. The second-order valence-corrected chi connectivity index (χ2v) is 9.36. The molecule has 1 aromatic carbocycles. The van der Waals surface area contributed by atoms with E-state index < -0.39 is 13.0 Å². The molecule has 2 aliphatic rings.